The average molecular weight is 321 g/mol. The van der Waals surface area contributed by atoms with Crippen LogP contribution >= 0.6 is 11.6 Å². The van der Waals surface area contributed by atoms with Crippen molar-refractivity contribution in [3.8, 4) is 5.75 Å². The predicted octanol–water partition coefficient (Wildman–Crippen LogP) is -1.50. The molecule has 8 N–H and O–H groups in total. The van der Waals surface area contributed by atoms with Gasteiger partial charge in [0.1, 0.15) is 0 Å². The van der Waals surface area contributed by atoms with Crippen molar-refractivity contribution in [2.75, 3.05) is 0 Å². The molecule has 0 atom stereocenters. The second-order valence-electron chi connectivity index (χ2n) is 1.55. The van der Waals surface area contributed by atoms with E-state index in [0.29, 0.717) is 0 Å². The Kier molecular flexibility index (Phi) is 21.3. The van der Waals surface area contributed by atoms with Crippen molar-refractivity contribution in [2.24, 2.45) is 0 Å². The number of rotatable bonds is 1. The topological polar surface area (TPSA) is 135 Å². The van der Waals surface area contributed by atoms with Crippen LogP contribution in [0.2, 0.25) is 5.02 Å². The Labute approximate surface area is 94.9 Å². The fourth-order valence-electron chi connectivity index (χ4n) is 0.495. The zero-order valence-corrected chi connectivity index (χ0v) is 9.85. The Morgan fingerprint density at radius 2 is 1.31 bits per heavy atom. The van der Waals surface area contributed by atoms with Crippen LogP contribution in [0.4, 0.5) is 0 Å². The number of benzene rings is 1. The van der Waals surface area contributed by atoms with Crippen LogP contribution < -0.4 is 3.02 Å². The molecule has 0 bridgehead atoms. The summed E-state index contributed by atoms with van der Waals surface area (Å²) in [5, 5.41) is 0.738. The van der Waals surface area contributed by atoms with Crippen molar-refractivity contribution < 1.29 is 24.9 Å². The SMILES string of the molecule is Clc1ccc([O][Sb])cc1.O.O.O.O. The first-order valence-corrected chi connectivity index (χ1v) is 3.82. The Hall–Kier alpha value is -0.0318. The van der Waals surface area contributed by atoms with Gasteiger partial charge in [-0.2, -0.15) is 0 Å². The molecule has 1 aromatic carbocycles. The fourth-order valence-corrected chi connectivity index (χ4v) is 0.969. The molecule has 7 heteroatoms. The maximum atomic E-state index is 5.62. The Morgan fingerprint density at radius 1 is 0.923 bits per heavy atom. The van der Waals surface area contributed by atoms with Gasteiger partial charge in [0.25, 0.3) is 0 Å². The van der Waals surface area contributed by atoms with Crippen molar-refractivity contribution in [3.05, 3.63) is 29.3 Å². The molecule has 0 saturated carbocycles. The van der Waals surface area contributed by atoms with E-state index in [9.17, 15) is 0 Å². The summed E-state index contributed by atoms with van der Waals surface area (Å²) in [4.78, 5) is 0. The summed E-state index contributed by atoms with van der Waals surface area (Å²) < 4.78 is 4.96. The molecule has 0 unspecified atom stereocenters. The van der Waals surface area contributed by atoms with E-state index in [1.165, 1.54) is 23.4 Å². The largest absolute Gasteiger partial charge is 0.412 e. The second kappa shape index (κ2) is 12.0. The number of halogens is 1. The van der Waals surface area contributed by atoms with Crippen LogP contribution in [-0.2, 0) is 0 Å². The summed E-state index contributed by atoms with van der Waals surface area (Å²) in [5.41, 5.74) is 0. The van der Waals surface area contributed by atoms with Crippen LogP contribution in [-0.4, -0.2) is 45.3 Å². The summed E-state index contributed by atoms with van der Waals surface area (Å²) in [5.74, 6) is 0.855. The van der Waals surface area contributed by atoms with E-state index in [0.717, 1.165) is 10.8 Å². The third kappa shape index (κ3) is 8.30. The van der Waals surface area contributed by atoms with Crippen molar-refractivity contribution in [1.82, 2.24) is 0 Å². The maximum absolute atomic E-state index is 5.62. The standard InChI is InChI=1S/C6H5ClO.4H2O.Sb/c7-5-1-3-6(8)4-2-5;;;;;/h1-4,8H;4*1H2;/q;;;;;+1/p-1. The van der Waals surface area contributed by atoms with Crippen LogP contribution in [0.5, 0.6) is 5.75 Å². The average Bonchev–Trinajstić information content (AvgIpc) is 1.90. The molecule has 0 aliphatic rings. The molecule has 0 fully saturated rings. The van der Waals surface area contributed by atoms with Gasteiger partial charge in [-0.15, -0.1) is 0 Å². The molecular weight excluding hydrogens is 309 g/mol. The Balaban J connectivity index is -0.000000101. The van der Waals surface area contributed by atoms with Gasteiger partial charge in [0.2, 0.25) is 0 Å². The third-order valence-electron chi connectivity index (χ3n) is 0.919. The van der Waals surface area contributed by atoms with E-state index in [-0.39, 0.29) is 21.9 Å². The summed E-state index contributed by atoms with van der Waals surface area (Å²) in [6.45, 7) is 0. The fraction of sp³-hybridized carbons (Fsp3) is 0. The van der Waals surface area contributed by atoms with Crippen LogP contribution in [0.3, 0.4) is 0 Å². The van der Waals surface area contributed by atoms with Crippen LogP contribution in [0.1, 0.15) is 0 Å². The molecule has 0 aliphatic carbocycles. The van der Waals surface area contributed by atoms with Gasteiger partial charge < -0.3 is 21.9 Å². The van der Waals surface area contributed by atoms with Gasteiger partial charge in [-0.1, -0.05) is 0 Å². The molecule has 0 amide bonds. The van der Waals surface area contributed by atoms with Crippen LogP contribution in [0, 0.1) is 0 Å². The summed E-state index contributed by atoms with van der Waals surface area (Å²) >= 11 is 6.92. The minimum Gasteiger partial charge on any atom is -0.412 e. The van der Waals surface area contributed by atoms with Crippen molar-refractivity contribution in [3.63, 3.8) is 0 Å². The second-order valence-corrected chi connectivity index (χ2v) is 2.50. The van der Waals surface area contributed by atoms with Gasteiger partial charge in [-0.3, -0.25) is 0 Å². The minimum absolute atomic E-state index is 0. The zero-order valence-electron chi connectivity index (χ0n) is 6.54. The summed E-state index contributed by atoms with van der Waals surface area (Å²) in [6.07, 6.45) is 0. The maximum Gasteiger partial charge on any atom is -0.412 e. The van der Waals surface area contributed by atoms with E-state index in [4.69, 9.17) is 14.6 Å². The minimum atomic E-state index is 0. The normalized spacial score (nSPS) is 6.31. The van der Waals surface area contributed by atoms with Crippen molar-refractivity contribution in [1.29, 1.82) is 0 Å². The predicted molar refractivity (Wildman–Crippen MR) is 52.3 cm³/mol. The van der Waals surface area contributed by atoms with Crippen LogP contribution in [0.15, 0.2) is 24.3 Å². The molecule has 0 saturated heterocycles. The number of hydrogen-bond acceptors (Lipinski definition) is 1. The van der Waals surface area contributed by atoms with Gasteiger partial charge in [0.15, 0.2) is 0 Å². The summed E-state index contributed by atoms with van der Waals surface area (Å²) in [7, 11) is 0. The van der Waals surface area contributed by atoms with E-state index in [2.05, 4.69) is 0 Å². The van der Waals surface area contributed by atoms with E-state index in [1.54, 1.807) is 12.1 Å². The Morgan fingerprint density at radius 3 is 1.62 bits per heavy atom. The first-order valence-electron chi connectivity index (χ1n) is 2.40. The third-order valence-corrected chi connectivity index (χ3v) is 1.77. The van der Waals surface area contributed by atoms with Crippen LogP contribution in [0.25, 0.3) is 0 Å². The smallest absolute Gasteiger partial charge is 0.412 e. The zero-order chi connectivity index (χ0) is 6.69. The monoisotopic (exact) mass is 320 g/mol. The molecule has 1 rings (SSSR count). The molecule has 78 valence electrons. The molecule has 1 aromatic rings. The molecule has 0 aliphatic heterocycles. The molecule has 13 heavy (non-hydrogen) atoms. The van der Waals surface area contributed by atoms with E-state index >= 15 is 0 Å². The van der Waals surface area contributed by atoms with Crippen molar-refractivity contribution in [2.45, 2.75) is 0 Å². The molecule has 0 heterocycles. The number of hydrogen-bond donors (Lipinski definition) is 0. The Bertz CT molecular complexity index is 193. The van der Waals surface area contributed by atoms with Gasteiger partial charge >= 0.3 is 73.1 Å². The molecule has 0 spiro atoms. The first kappa shape index (κ1) is 23.1. The summed E-state index contributed by atoms with van der Waals surface area (Å²) in [6, 6.07) is 7.27. The van der Waals surface area contributed by atoms with E-state index in [1.807, 2.05) is 12.1 Å². The first-order chi connectivity index (χ1) is 4.33. The van der Waals surface area contributed by atoms with Gasteiger partial charge in [0.05, 0.1) is 0 Å². The van der Waals surface area contributed by atoms with Gasteiger partial charge in [0, 0.05) is 0 Å². The molecular formula is C6H12ClO5Sb. The van der Waals surface area contributed by atoms with E-state index < -0.39 is 0 Å². The van der Waals surface area contributed by atoms with Crippen molar-refractivity contribution >= 4 is 35.0 Å². The van der Waals surface area contributed by atoms with Gasteiger partial charge in [-0.05, 0) is 0 Å². The quantitative estimate of drug-likeness (QED) is 0.572. The molecule has 5 nitrogen and oxygen atoms in total. The van der Waals surface area contributed by atoms with Gasteiger partial charge in [-0.25, -0.2) is 0 Å². The molecule has 2 radical (unpaired) electrons. The molecule has 0 aromatic heterocycles.